The predicted octanol–water partition coefficient (Wildman–Crippen LogP) is 4.66. The molecule has 0 amide bonds. The lowest BCUT2D eigenvalue weighted by Crippen LogP contribution is -1.93. The van der Waals surface area contributed by atoms with Crippen molar-refractivity contribution in [2.45, 2.75) is 20.3 Å². The first-order valence-electron chi connectivity index (χ1n) is 5.35. The van der Waals surface area contributed by atoms with Crippen LogP contribution in [0.2, 0.25) is 5.02 Å². The highest BCUT2D eigenvalue weighted by molar-refractivity contribution is 7.13. The van der Waals surface area contributed by atoms with Crippen molar-refractivity contribution in [2.24, 2.45) is 5.92 Å². The Morgan fingerprint density at radius 3 is 2.88 bits per heavy atom. The fourth-order valence-electron chi connectivity index (χ4n) is 1.57. The van der Waals surface area contributed by atoms with Crippen LogP contribution in [0.5, 0.6) is 0 Å². The number of nitrogens with zero attached hydrogens (tertiary/aromatic N) is 1. The molecule has 0 saturated heterocycles. The van der Waals surface area contributed by atoms with Gasteiger partial charge >= 0.3 is 0 Å². The van der Waals surface area contributed by atoms with Crippen LogP contribution in [-0.2, 0) is 6.42 Å². The molecule has 2 aromatic rings. The van der Waals surface area contributed by atoms with Crippen LogP contribution in [0.15, 0.2) is 29.6 Å². The molecule has 0 N–H and O–H groups in total. The van der Waals surface area contributed by atoms with Gasteiger partial charge in [0.2, 0.25) is 0 Å². The van der Waals surface area contributed by atoms with E-state index in [0.717, 1.165) is 22.0 Å². The summed E-state index contributed by atoms with van der Waals surface area (Å²) >= 11 is 7.65. The Morgan fingerprint density at radius 2 is 2.19 bits per heavy atom. The zero-order valence-electron chi connectivity index (χ0n) is 9.40. The van der Waals surface area contributed by atoms with E-state index in [-0.39, 0.29) is 0 Å². The number of aromatic nitrogens is 1. The van der Waals surface area contributed by atoms with Gasteiger partial charge in [-0.3, -0.25) is 0 Å². The summed E-state index contributed by atoms with van der Waals surface area (Å²) in [7, 11) is 0. The lowest BCUT2D eigenvalue weighted by molar-refractivity contribution is 0.638. The maximum atomic E-state index is 5.96. The van der Waals surface area contributed by atoms with Crippen molar-refractivity contribution in [3.05, 3.63) is 40.4 Å². The highest BCUT2D eigenvalue weighted by Gasteiger charge is 2.06. The highest BCUT2D eigenvalue weighted by Crippen LogP contribution is 2.26. The standard InChI is InChI=1S/C13H14ClNS/c1-9(2)6-12-8-16-13(15-12)10-4-3-5-11(14)7-10/h3-5,7-9H,6H2,1-2H3. The van der Waals surface area contributed by atoms with E-state index < -0.39 is 0 Å². The summed E-state index contributed by atoms with van der Waals surface area (Å²) in [6.45, 7) is 4.41. The maximum Gasteiger partial charge on any atom is 0.123 e. The minimum absolute atomic E-state index is 0.648. The fourth-order valence-corrected chi connectivity index (χ4v) is 2.59. The Balaban J connectivity index is 2.24. The topological polar surface area (TPSA) is 12.9 Å². The van der Waals surface area contributed by atoms with E-state index in [1.54, 1.807) is 11.3 Å². The van der Waals surface area contributed by atoms with Gasteiger partial charge in [-0.05, 0) is 24.5 Å². The molecule has 2 rings (SSSR count). The third-order valence-electron chi connectivity index (χ3n) is 2.24. The molecular weight excluding hydrogens is 238 g/mol. The molecule has 1 aromatic carbocycles. The van der Waals surface area contributed by atoms with Crippen LogP contribution in [0, 0.1) is 5.92 Å². The summed E-state index contributed by atoms with van der Waals surface area (Å²) in [6.07, 6.45) is 1.04. The van der Waals surface area contributed by atoms with Gasteiger partial charge in [0.15, 0.2) is 0 Å². The molecule has 0 atom stereocenters. The van der Waals surface area contributed by atoms with Gasteiger partial charge in [0.05, 0.1) is 5.69 Å². The first-order chi connectivity index (χ1) is 7.65. The molecule has 0 radical (unpaired) electrons. The van der Waals surface area contributed by atoms with Gasteiger partial charge in [-0.15, -0.1) is 11.3 Å². The molecule has 0 saturated carbocycles. The van der Waals surface area contributed by atoms with E-state index in [1.807, 2.05) is 24.3 Å². The first kappa shape index (κ1) is 11.6. The molecule has 0 aliphatic heterocycles. The van der Waals surface area contributed by atoms with Crippen LogP contribution in [0.3, 0.4) is 0 Å². The second-order valence-corrected chi connectivity index (χ2v) is 5.55. The predicted molar refractivity (Wildman–Crippen MR) is 71.1 cm³/mol. The fraction of sp³-hybridized carbons (Fsp3) is 0.308. The molecule has 0 fully saturated rings. The molecule has 0 spiro atoms. The normalized spacial score (nSPS) is 11.0. The zero-order valence-corrected chi connectivity index (χ0v) is 11.0. The van der Waals surface area contributed by atoms with E-state index in [1.165, 1.54) is 5.69 Å². The minimum atomic E-state index is 0.648. The summed E-state index contributed by atoms with van der Waals surface area (Å²) in [5, 5.41) is 3.95. The number of halogens is 1. The van der Waals surface area contributed by atoms with Gasteiger partial charge in [0.1, 0.15) is 5.01 Å². The van der Waals surface area contributed by atoms with E-state index in [0.29, 0.717) is 5.92 Å². The summed E-state index contributed by atoms with van der Waals surface area (Å²) < 4.78 is 0. The number of hydrogen-bond acceptors (Lipinski definition) is 2. The second-order valence-electron chi connectivity index (χ2n) is 4.25. The van der Waals surface area contributed by atoms with Crippen molar-refractivity contribution >= 4 is 22.9 Å². The van der Waals surface area contributed by atoms with Crippen LogP contribution in [0.25, 0.3) is 10.6 Å². The Bertz CT molecular complexity index is 476. The van der Waals surface area contributed by atoms with Gasteiger partial charge in [0, 0.05) is 16.0 Å². The molecule has 0 bridgehead atoms. The molecule has 1 aromatic heterocycles. The van der Waals surface area contributed by atoms with Crippen molar-refractivity contribution in [1.82, 2.24) is 4.98 Å². The molecule has 1 nitrogen and oxygen atoms in total. The number of hydrogen-bond donors (Lipinski definition) is 0. The largest absolute Gasteiger partial charge is 0.241 e. The average molecular weight is 252 g/mol. The third kappa shape index (κ3) is 2.83. The minimum Gasteiger partial charge on any atom is -0.241 e. The van der Waals surface area contributed by atoms with Crippen LogP contribution >= 0.6 is 22.9 Å². The lowest BCUT2D eigenvalue weighted by atomic mass is 10.1. The Hall–Kier alpha value is -0.860. The van der Waals surface area contributed by atoms with Gasteiger partial charge in [-0.1, -0.05) is 37.6 Å². The van der Waals surface area contributed by atoms with Crippen LogP contribution in [0.4, 0.5) is 0 Å². The number of rotatable bonds is 3. The van der Waals surface area contributed by atoms with Crippen molar-refractivity contribution in [3.63, 3.8) is 0 Å². The van der Waals surface area contributed by atoms with Crippen LogP contribution in [-0.4, -0.2) is 4.98 Å². The molecule has 0 aliphatic carbocycles. The van der Waals surface area contributed by atoms with E-state index in [2.05, 4.69) is 24.2 Å². The zero-order chi connectivity index (χ0) is 11.5. The number of thiazole rings is 1. The van der Waals surface area contributed by atoms with E-state index >= 15 is 0 Å². The molecule has 3 heteroatoms. The summed E-state index contributed by atoms with van der Waals surface area (Å²) in [5.74, 6) is 0.648. The van der Waals surface area contributed by atoms with Gasteiger partial charge in [-0.2, -0.15) is 0 Å². The molecule has 0 aliphatic rings. The monoisotopic (exact) mass is 251 g/mol. The van der Waals surface area contributed by atoms with Gasteiger partial charge in [0.25, 0.3) is 0 Å². The third-order valence-corrected chi connectivity index (χ3v) is 3.42. The van der Waals surface area contributed by atoms with E-state index in [4.69, 9.17) is 11.6 Å². The quantitative estimate of drug-likeness (QED) is 0.773. The van der Waals surface area contributed by atoms with Crippen molar-refractivity contribution < 1.29 is 0 Å². The van der Waals surface area contributed by atoms with Gasteiger partial charge in [-0.25, -0.2) is 4.98 Å². The second kappa shape index (κ2) is 4.98. The van der Waals surface area contributed by atoms with Crippen molar-refractivity contribution in [2.75, 3.05) is 0 Å². The smallest absolute Gasteiger partial charge is 0.123 e. The Morgan fingerprint density at radius 1 is 1.38 bits per heavy atom. The maximum absolute atomic E-state index is 5.96. The summed E-state index contributed by atoms with van der Waals surface area (Å²) in [6, 6.07) is 7.85. The first-order valence-corrected chi connectivity index (χ1v) is 6.61. The summed E-state index contributed by atoms with van der Waals surface area (Å²) in [4.78, 5) is 4.62. The highest BCUT2D eigenvalue weighted by atomic mass is 35.5. The Labute approximate surface area is 105 Å². The molecule has 1 heterocycles. The van der Waals surface area contributed by atoms with Gasteiger partial charge < -0.3 is 0 Å². The lowest BCUT2D eigenvalue weighted by Gasteiger charge is -1.99. The molecule has 84 valence electrons. The average Bonchev–Trinajstić information content (AvgIpc) is 2.65. The molecular formula is C13H14ClNS. The molecule has 0 unspecified atom stereocenters. The van der Waals surface area contributed by atoms with Crippen molar-refractivity contribution in [1.29, 1.82) is 0 Å². The molecule has 16 heavy (non-hydrogen) atoms. The van der Waals surface area contributed by atoms with Crippen LogP contribution in [0.1, 0.15) is 19.5 Å². The van der Waals surface area contributed by atoms with Crippen LogP contribution < -0.4 is 0 Å². The van der Waals surface area contributed by atoms with Crippen molar-refractivity contribution in [3.8, 4) is 10.6 Å². The number of benzene rings is 1. The summed E-state index contributed by atoms with van der Waals surface area (Å²) in [5.41, 5.74) is 2.28. The Kier molecular flexibility index (Phi) is 3.62. The van der Waals surface area contributed by atoms with E-state index in [9.17, 15) is 0 Å². The SMILES string of the molecule is CC(C)Cc1csc(-c2cccc(Cl)c2)n1.